The van der Waals surface area contributed by atoms with E-state index in [1.54, 1.807) is 6.20 Å². The fraction of sp³-hybridized carbons (Fsp3) is 0.0588. The van der Waals surface area contributed by atoms with Crippen molar-refractivity contribution in [2.24, 2.45) is 0 Å². The lowest BCUT2D eigenvalue weighted by molar-refractivity contribution is 0.671. The standard InChI is InChI=1S/C17H14ClN3/c18-17-8-6-15(7-9-17)16(13-21-11-10-19-20-21)12-14-4-2-1-3-5-14/h1-12H,13H2/b16-12-. The van der Waals surface area contributed by atoms with Crippen molar-refractivity contribution in [1.82, 2.24) is 15.0 Å². The molecule has 0 unspecified atom stereocenters. The molecule has 1 aromatic heterocycles. The van der Waals surface area contributed by atoms with Gasteiger partial charge in [0.25, 0.3) is 0 Å². The molecule has 3 nitrogen and oxygen atoms in total. The van der Waals surface area contributed by atoms with Crippen molar-refractivity contribution < 1.29 is 0 Å². The van der Waals surface area contributed by atoms with E-state index in [1.807, 2.05) is 53.3 Å². The molecule has 0 amide bonds. The van der Waals surface area contributed by atoms with Crippen LogP contribution in [0.4, 0.5) is 0 Å². The normalized spacial score (nSPS) is 11.6. The smallest absolute Gasteiger partial charge is 0.0693 e. The lowest BCUT2D eigenvalue weighted by atomic mass is 10.0. The van der Waals surface area contributed by atoms with Crippen molar-refractivity contribution in [3.63, 3.8) is 0 Å². The van der Waals surface area contributed by atoms with Crippen LogP contribution in [0.15, 0.2) is 67.0 Å². The van der Waals surface area contributed by atoms with E-state index < -0.39 is 0 Å². The summed E-state index contributed by atoms with van der Waals surface area (Å²) in [6.45, 7) is 0.663. The Morgan fingerprint density at radius 3 is 2.48 bits per heavy atom. The van der Waals surface area contributed by atoms with Gasteiger partial charge in [0.1, 0.15) is 0 Å². The van der Waals surface area contributed by atoms with Crippen LogP contribution >= 0.6 is 11.6 Å². The van der Waals surface area contributed by atoms with Crippen LogP contribution in [-0.4, -0.2) is 15.0 Å². The first-order valence-electron chi connectivity index (χ1n) is 6.67. The van der Waals surface area contributed by atoms with E-state index in [9.17, 15) is 0 Å². The number of aromatic nitrogens is 3. The molecule has 0 radical (unpaired) electrons. The summed E-state index contributed by atoms with van der Waals surface area (Å²) >= 11 is 5.97. The molecule has 2 aromatic carbocycles. The Labute approximate surface area is 128 Å². The van der Waals surface area contributed by atoms with Crippen molar-refractivity contribution >= 4 is 23.3 Å². The van der Waals surface area contributed by atoms with Gasteiger partial charge in [0.2, 0.25) is 0 Å². The summed E-state index contributed by atoms with van der Waals surface area (Å²) in [5.74, 6) is 0. The lowest BCUT2D eigenvalue weighted by Gasteiger charge is -2.08. The highest BCUT2D eigenvalue weighted by Crippen LogP contribution is 2.22. The van der Waals surface area contributed by atoms with E-state index in [1.165, 1.54) is 0 Å². The molecule has 21 heavy (non-hydrogen) atoms. The first-order chi connectivity index (χ1) is 10.3. The predicted molar refractivity (Wildman–Crippen MR) is 85.8 cm³/mol. The van der Waals surface area contributed by atoms with Gasteiger partial charge in [-0.2, -0.15) is 0 Å². The van der Waals surface area contributed by atoms with E-state index in [-0.39, 0.29) is 0 Å². The first-order valence-corrected chi connectivity index (χ1v) is 7.05. The topological polar surface area (TPSA) is 30.7 Å². The minimum Gasteiger partial charge on any atom is -0.248 e. The molecule has 0 spiro atoms. The predicted octanol–water partition coefficient (Wildman–Crippen LogP) is 4.17. The van der Waals surface area contributed by atoms with E-state index in [4.69, 9.17) is 11.6 Å². The Kier molecular flexibility index (Phi) is 4.12. The zero-order valence-corrected chi connectivity index (χ0v) is 12.1. The quantitative estimate of drug-likeness (QED) is 0.676. The van der Waals surface area contributed by atoms with Crippen molar-refractivity contribution in [1.29, 1.82) is 0 Å². The molecule has 104 valence electrons. The van der Waals surface area contributed by atoms with E-state index >= 15 is 0 Å². The van der Waals surface area contributed by atoms with E-state index in [2.05, 4.69) is 28.5 Å². The third-order valence-corrected chi connectivity index (χ3v) is 3.41. The average molecular weight is 296 g/mol. The molecule has 0 N–H and O–H groups in total. The third kappa shape index (κ3) is 3.58. The summed E-state index contributed by atoms with van der Waals surface area (Å²) in [6.07, 6.45) is 5.70. The monoisotopic (exact) mass is 295 g/mol. The molecule has 0 aliphatic rings. The van der Waals surface area contributed by atoms with Gasteiger partial charge in [-0.3, -0.25) is 0 Å². The van der Waals surface area contributed by atoms with Gasteiger partial charge in [-0.25, -0.2) is 4.68 Å². The van der Waals surface area contributed by atoms with E-state index in [0.717, 1.165) is 21.7 Å². The van der Waals surface area contributed by atoms with Crippen LogP contribution in [0.2, 0.25) is 5.02 Å². The van der Waals surface area contributed by atoms with Crippen molar-refractivity contribution in [3.05, 3.63) is 83.1 Å². The zero-order valence-electron chi connectivity index (χ0n) is 11.4. The average Bonchev–Trinajstić information content (AvgIpc) is 3.01. The molecule has 0 aliphatic heterocycles. The van der Waals surface area contributed by atoms with Gasteiger partial charge < -0.3 is 0 Å². The first kappa shape index (κ1) is 13.6. The maximum absolute atomic E-state index is 5.97. The molecule has 3 rings (SSSR count). The Balaban J connectivity index is 1.98. The fourth-order valence-corrected chi connectivity index (χ4v) is 2.25. The summed E-state index contributed by atoms with van der Waals surface area (Å²) in [5.41, 5.74) is 3.43. The van der Waals surface area contributed by atoms with Gasteiger partial charge in [-0.1, -0.05) is 59.3 Å². The van der Waals surface area contributed by atoms with Crippen LogP contribution in [-0.2, 0) is 6.54 Å². The molecular formula is C17H14ClN3. The molecule has 0 atom stereocenters. The molecular weight excluding hydrogens is 282 g/mol. The number of rotatable bonds is 4. The van der Waals surface area contributed by atoms with Crippen LogP contribution in [0.25, 0.3) is 11.6 Å². The zero-order chi connectivity index (χ0) is 14.5. The molecule has 3 aromatic rings. The Bertz CT molecular complexity index is 716. The summed E-state index contributed by atoms with van der Waals surface area (Å²) < 4.78 is 1.81. The summed E-state index contributed by atoms with van der Waals surface area (Å²) in [5, 5.41) is 8.63. The Morgan fingerprint density at radius 2 is 1.81 bits per heavy atom. The molecule has 4 heteroatoms. The van der Waals surface area contributed by atoms with Gasteiger partial charge in [0.05, 0.1) is 12.7 Å². The van der Waals surface area contributed by atoms with Crippen molar-refractivity contribution in [3.8, 4) is 0 Å². The SMILES string of the molecule is Clc1ccc(/C(=C\c2ccccc2)Cn2ccnn2)cc1. The molecule has 0 saturated carbocycles. The molecule has 0 fully saturated rings. The highest BCUT2D eigenvalue weighted by Gasteiger charge is 2.04. The van der Waals surface area contributed by atoms with Gasteiger partial charge in [-0.15, -0.1) is 5.10 Å². The van der Waals surface area contributed by atoms with Crippen molar-refractivity contribution in [2.75, 3.05) is 0 Å². The highest BCUT2D eigenvalue weighted by atomic mass is 35.5. The maximum Gasteiger partial charge on any atom is 0.0693 e. The minimum atomic E-state index is 0.663. The second-order valence-corrected chi connectivity index (χ2v) is 5.12. The van der Waals surface area contributed by atoms with Crippen LogP contribution in [0, 0.1) is 0 Å². The van der Waals surface area contributed by atoms with Gasteiger partial charge in [0.15, 0.2) is 0 Å². The van der Waals surface area contributed by atoms with Crippen LogP contribution in [0.3, 0.4) is 0 Å². The number of allylic oxidation sites excluding steroid dienone is 1. The Morgan fingerprint density at radius 1 is 1.05 bits per heavy atom. The summed E-state index contributed by atoms with van der Waals surface area (Å²) in [7, 11) is 0. The fourth-order valence-electron chi connectivity index (χ4n) is 2.13. The number of hydrogen-bond donors (Lipinski definition) is 0. The number of benzene rings is 2. The second kappa shape index (κ2) is 6.37. The third-order valence-electron chi connectivity index (χ3n) is 3.16. The molecule has 0 saturated heterocycles. The molecule has 0 bridgehead atoms. The maximum atomic E-state index is 5.97. The summed E-state index contributed by atoms with van der Waals surface area (Å²) in [6, 6.07) is 18.1. The molecule has 1 heterocycles. The second-order valence-electron chi connectivity index (χ2n) is 4.69. The number of halogens is 1. The lowest BCUT2D eigenvalue weighted by Crippen LogP contribution is -2.01. The van der Waals surface area contributed by atoms with E-state index in [0.29, 0.717) is 6.54 Å². The summed E-state index contributed by atoms with van der Waals surface area (Å²) in [4.78, 5) is 0. The van der Waals surface area contributed by atoms with Crippen LogP contribution < -0.4 is 0 Å². The Hall–Kier alpha value is -2.39. The number of nitrogens with zero attached hydrogens (tertiary/aromatic N) is 3. The van der Waals surface area contributed by atoms with Crippen molar-refractivity contribution in [2.45, 2.75) is 6.54 Å². The van der Waals surface area contributed by atoms with Crippen LogP contribution in [0.5, 0.6) is 0 Å². The van der Waals surface area contributed by atoms with Gasteiger partial charge in [0, 0.05) is 11.2 Å². The van der Waals surface area contributed by atoms with Gasteiger partial charge >= 0.3 is 0 Å². The minimum absolute atomic E-state index is 0.663. The van der Waals surface area contributed by atoms with Crippen LogP contribution in [0.1, 0.15) is 11.1 Å². The highest BCUT2D eigenvalue weighted by molar-refractivity contribution is 6.30. The number of hydrogen-bond acceptors (Lipinski definition) is 2. The largest absolute Gasteiger partial charge is 0.248 e. The van der Waals surface area contributed by atoms with Gasteiger partial charge in [-0.05, 0) is 34.9 Å². The molecule has 0 aliphatic carbocycles.